The highest BCUT2D eigenvalue weighted by Gasteiger charge is 2.24. The Labute approximate surface area is 259 Å². The number of aromatic nitrogens is 2. The molecule has 1 fully saturated rings. The molecule has 0 N–H and O–H groups in total. The molecule has 0 aliphatic carbocycles. The van der Waals surface area contributed by atoms with E-state index in [4.69, 9.17) is 16.6 Å². The van der Waals surface area contributed by atoms with Crippen molar-refractivity contribution < 1.29 is 13.2 Å². The largest absolute Gasteiger partial charge is 0.341 e. The van der Waals surface area contributed by atoms with E-state index in [1.165, 1.54) is 6.26 Å². The summed E-state index contributed by atoms with van der Waals surface area (Å²) >= 11 is 6.38. The van der Waals surface area contributed by atoms with Gasteiger partial charge in [0.25, 0.3) is 5.91 Å². The van der Waals surface area contributed by atoms with Crippen molar-refractivity contribution >= 4 is 44.3 Å². The molecule has 0 spiro atoms. The Hall–Kier alpha value is -3.40. The van der Waals surface area contributed by atoms with Crippen molar-refractivity contribution in [3.8, 4) is 0 Å². The summed E-state index contributed by atoms with van der Waals surface area (Å²) in [5, 5.41) is 0.698. The number of aryl methyl sites for hydroxylation is 1. The number of para-hydroxylation sites is 2. The van der Waals surface area contributed by atoms with E-state index in [1.807, 2.05) is 84.7 Å². The summed E-state index contributed by atoms with van der Waals surface area (Å²) in [5.41, 5.74) is 3.66. The molecule has 1 aromatic heterocycles. The van der Waals surface area contributed by atoms with Crippen LogP contribution < -0.4 is 4.90 Å². The normalized spacial score (nSPS) is 15.4. The van der Waals surface area contributed by atoms with E-state index in [1.54, 1.807) is 0 Å². The van der Waals surface area contributed by atoms with E-state index in [0.29, 0.717) is 23.7 Å². The van der Waals surface area contributed by atoms with E-state index in [0.717, 1.165) is 68.1 Å². The molecule has 228 valence electrons. The number of imidazole rings is 1. The molecule has 3 aromatic carbocycles. The molecule has 43 heavy (non-hydrogen) atoms. The van der Waals surface area contributed by atoms with Crippen LogP contribution in [0, 0.1) is 0 Å². The summed E-state index contributed by atoms with van der Waals surface area (Å²) in [6.07, 6.45) is 3.14. The first-order chi connectivity index (χ1) is 20.7. The number of halogens is 1. The van der Waals surface area contributed by atoms with Gasteiger partial charge in [0.15, 0.2) is 0 Å². The quantitative estimate of drug-likeness (QED) is 0.229. The molecule has 1 amide bonds. The molecule has 4 aromatic rings. The van der Waals surface area contributed by atoms with Crippen LogP contribution in [0.25, 0.3) is 11.0 Å². The molecule has 1 unspecified atom stereocenters. The van der Waals surface area contributed by atoms with Crippen LogP contribution in [0.4, 0.5) is 5.95 Å². The second kappa shape index (κ2) is 13.9. The number of amides is 1. The fourth-order valence-electron chi connectivity index (χ4n) is 5.85. The Morgan fingerprint density at radius 1 is 0.953 bits per heavy atom. The van der Waals surface area contributed by atoms with Crippen LogP contribution in [0.15, 0.2) is 78.9 Å². The summed E-state index contributed by atoms with van der Waals surface area (Å²) in [5.74, 6) is 1.06. The lowest BCUT2D eigenvalue weighted by Gasteiger charge is -2.28. The van der Waals surface area contributed by atoms with Gasteiger partial charge in [-0.3, -0.25) is 4.79 Å². The van der Waals surface area contributed by atoms with Crippen LogP contribution in [0.1, 0.15) is 34.7 Å². The Bertz CT molecular complexity index is 1640. The first-order valence-electron chi connectivity index (χ1n) is 14.8. The predicted octanol–water partition coefficient (Wildman–Crippen LogP) is 5.19. The lowest BCUT2D eigenvalue weighted by Crippen LogP contribution is -2.35. The third kappa shape index (κ3) is 8.16. The Balaban J connectivity index is 1.27. The molecule has 8 nitrogen and oxygen atoms in total. The summed E-state index contributed by atoms with van der Waals surface area (Å²) in [6, 6.07) is 25.3. The van der Waals surface area contributed by atoms with Gasteiger partial charge in [-0.25, -0.2) is 13.4 Å². The van der Waals surface area contributed by atoms with Gasteiger partial charge in [-0.15, -0.1) is 0 Å². The van der Waals surface area contributed by atoms with Crippen molar-refractivity contribution in [2.24, 2.45) is 0 Å². The number of carbonyl (C=O) groups excluding carboxylic acids is 1. The van der Waals surface area contributed by atoms with Crippen molar-refractivity contribution in [2.45, 2.75) is 25.3 Å². The molecular weight excluding hydrogens is 582 g/mol. The van der Waals surface area contributed by atoms with Crippen LogP contribution in [0.3, 0.4) is 0 Å². The van der Waals surface area contributed by atoms with E-state index in [-0.39, 0.29) is 17.6 Å². The van der Waals surface area contributed by atoms with Crippen molar-refractivity contribution in [2.75, 3.05) is 63.2 Å². The average molecular weight is 622 g/mol. The van der Waals surface area contributed by atoms with E-state index >= 15 is 0 Å². The summed E-state index contributed by atoms with van der Waals surface area (Å²) in [7, 11) is -1.24. The SMILES string of the molecule is CN(CC(CCN1CCCN(c2nc3ccccc3n2CCS(C)(=O)=O)CC1)c1cccc(Cl)c1)C(=O)c1ccccc1. The van der Waals surface area contributed by atoms with Gasteiger partial charge in [0.1, 0.15) is 9.84 Å². The smallest absolute Gasteiger partial charge is 0.253 e. The van der Waals surface area contributed by atoms with Crippen molar-refractivity contribution in [3.05, 3.63) is 95.0 Å². The maximum Gasteiger partial charge on any atom is 0.253 e. The number of benzene rings is 3. The maximum atomic E-state index is 13.1. The zero-order valence-electron chi connectivity index (χ0n) is 24.9. The molecule has 10 heteroatoms. The summed E-state index contributed by atoms with van der Waals surface area (Å²) < 4.78 is 26.0. The van der Waals surface area contributed by atoms with Gasteiger partial charge in [-0.05, 0) is 67.9 Å². The van der Waals surface area contributed by atoms with Gasteiger partial charge >= 0.3 is 0 Å². The number of likely N-dealkylation sites (N-methyl/N-ethyl adjacent to an activating group) is 1. The third-order valence-corrected chi connectivity index (χ3v) is 9.33. The lowest BCUT2D eigenvalue weighted by molar-refractivity contribution is 0.0782. The topological polar surface area (TPSA) is 78.8 Å². The second-order valence-corrected chi connectivity index (χ2v) is 14.2. The fourth-order valence-corrected chi connectivity index (χ4v) is 6.57. The number of anilines is 1. The maximum absolute atomic E-state index is 13.1. The molecule has 5 rings (SSSR count). The van der Waals surface area contributed by atoms with Gasteiger partial charge in [0.05, 0.1) is 16.8 Å². The van der Waals surface area contributed by atoms with Crippen LogP contribution >= 0.6 is 11.6 Å². The van der Waals surface area contributed by atoms with Crippen molar-refractivity contribution in [3.63, 3.8) is 0 Å². The van der Waals surface area contributed by atoms with Crippen LogP contribution in [-0.4, -0.2) is 92.0 Å². The minimum Gasteiger partial charge on any atom is -0.341 e. The standard InChI is InChI=1S/C33H40ClN5O3S/c1-36(32(40)26-10-4-3-5-11-26)25-28(27-12-8-13-29(34)24-27)16-19-37-17-9-18-38(21-20-37)33-35-30-14-6-7-15-31(30)39(33)22-23-43(2,41)42/h3-8,10-15,24,28H,9,16-23,25H2,1-2H3. The first-order valence-corrected chi connectivity index (χ1v) is 17.3. The number of fused-ring (bicyclic) bond motifs is 1. The van der Waals surface area contributed by atoms with E-state index in [2.05, 4.69) is 20.4 Å². The van der Waals surface area contributed by atoms with Crippen LogP contribution in [0.2, 0.25) is 5.02 Å². The summed E-state index contributed by atoms with van der Waals surface area (Å²) in [4.78, 5) is 24.7. The highest BCUT2D eigenvalue weighted by molar-refractivity contribution is 7.90. The van der Waals surface area contributed by atoms with Crippen molar-refractivity contribution in [1.29, 1.82) is 0 Å². The molecule has 1 aliphatic rings. The zero-order valence-corrected chi connectivity index (χ0v) is 26.5. The number of sulfone groups is 1. The lowest BCUT2D eigenvalue weighted by atomic mass is 9.94. The van der Waals surface area contributed by atoms with Crippen LogP contribution in [-0.2, 0) is 16.4 Å². The van der Waals surface area contributed by atoms with E-state index in [9.17, 15) is 13.2 Å². The number of rotatable bonds is 11. The third-order valence-electron chi connectivity index (χ3n) is 8.17. The fraction of sp³-hybridized carbons (Fsp3) is 0.394. The minimum atomic E-state index is -3.11. The Morgan fingerprint density at radius 3 is 2.49 bits per heavy atom. The Kier molecular flexibility index (Phi) is 10.1. The number of hydrogen-bond acceptors (Lipinski definition) is 6. The summed E-state index contributed by atoms with van der Waals surface area (Å²) in [6.45, 7) is 5.35. The molecule has 0 radical (unpaired) electrons. The van der Waals surface area contributed by atoms with Gasteiger partial charge in [0, 0.05) is 62.5 Å². The van der Waals surface area contributed by atoms with Crippen LogP contribution in [0.5, 0.6) is 0 Å². The highest BCUT2D eigenvalue weighted by Crippen LogP contribution is 2.27. The predicted molar refractivity (Wildman–Crippen MR) is 175 cm³/mol. The minimum absolute atomic E-state index is 0.0109. The monoisotopic (exact) mass is 621 g/mol. The number of nitrogens with zero attached hydrogens (tertiary/aromatic N) is 5. The van der Waals surface area contributed by atoms with E-state index < -0.39 is 9.84 Å². The zero-order chi connectivity index (χ0) is 30.4. The van der Waals surface area contributed by atoms with Gasteiger partial charge in [-0.2, -0.15) is 0 Å². The highest BCUT2D eigenvalue weighted by atomic mass is 35.5. The molecular formula is C33H40ClN5O3S. The molecule has 1 aliphatic heterocycles. The van der Waals surface area contributed by atoms with Gasteiger partial charge in [-0.1, -0.05) is 54.1 Å². The average Bonchev–Trinajstić information content (AvgIpc) is 3.20. The molecule has 1 saturated heterocycles. The molecule has 2 heterocycles. The van der Waals surface area contributed by atoms with Gasteiger partial charge < -0.3 is 19.3 Å². The second-order valence-electron chi connectivity index (χ2n) is 11.5. The first kappa shape index (κ1) is 31.0. The molecule has 0 saturated carbocycles. The van der Waals surface area contributed by atoms with Crippen molar-refractivity contribution in [1.82, 2.24) is 19.4 Å². The Morgan fingerprint density at radius 2 is 1.72 bits per heavy atom. The number of hydrogen-bond donors (Lipinski definition) is 0. The number of carbonyl (C=O) groups is 1. The molecule has 1 atom stereocenters. The van der Waals surface area contributed by atoms with Gasteiger partial charge in [0.2, 0.25) is 5.95 Å². The molecule has 0 bridgehead atoms.